The molecule has 1 aliphatic carbocycles. The first kappa shape index (κ1) is 18.3. The van der Waals surface area contributed by atoms with Crippen molar-refractivity contribution in [2.24, 2.45) is 5.92 Å². The first-order valence-electron chi connectivity index (χ1n) is 9.20. The van der Waals surface area contributed by atoms with Crippen molar-refractivity contribution in [1.82, 2.24) is 0 Å². The van der Waals surface area contributed by atoms with E-state index in [1.165, 1.54) is 17.7 Å². The maximum absolute atomic E-state index is 11.5. The topological polar surface area (TPSA) is 23.5 Å². The van der Waals surface area contributed by atoms with Gasteiger partial charge in [0.05, 0.1) is 5.60 Å². The summed E-state index contributed by atoms with van der Waals surface area (Å²) in [5.74, 6) is 0.263. The molecule has 0 bridgehead atoms. The predicted octanol–water partition coefficient (Wildman–Crippen LogP) is 5.11. The van der Waals surface area contributed by atoms with Crippen LogP contribution in [0, 0.1) is 5.92 Å². The summed E-state index contributed by atoms with van der Waals surface area (Å²) in [7, 11) is 4.16. The summed E-state index contributed by atoms with van der Waals surface area (Å²) < 4.78 is 0. The van der Waals surface area contributed by atoms with Crippen LogP contribution in [-0.2, 0) is 12.8 Å². The van der Waals surface area contributed by atoms with Gasteiger partial charge in [0.1, 0.15) is 0 Å². The van der Waals surface area contributed by atoms with E-state index in [1.54, 1.807) is 0 Å². The summed E-state index contributed by atoms with van der Waals surface area (Å²) in [5.41, 5.74) is 2.94. The molecule has 1 fully saturated rings. The Balaban J connectivity index is 1.85. The van der Waals surface area contributed by atoms with E-state index in [-0.39, 0.29) is 5.92 Å². The molecule has 0 radical (unpaired) electrons. The summed E-state index contributed by atoms with van der Waals surface area (Å²) >= 11 is 6.36. The first-order chi connectivity index (χ1) is 12.0. The lowest BCUT2D eigenvalue weighted by molar-refractivity contribution is -0.0475. The number of hydrogen-bond acceptors (Lipinski definition) is 2. The van der Waals surface area contributed by atoms with Crippen molar-refractivity contribution < 1.29 is 5.11 Å². The molecule has 1 saturated carbocycles. The zero-order chi connectivity index (χ0) is 17.9. The van der Waals surface area contributed by atoms with Crippen LogP contribution in [0.3, 0.4) is 0 Å². The molecule has 2 atom stereocenters. The maximum Gasteiger partial charge on any atom is 0.0719 e. The number of halogens is 1. The highest BCUT2D eigenvalue weighted by atomic mass is 35.5. The number of benzene rings is 2. The van der Waals surface area contributed by atoms with Gasteiger partial charge in [0.25, 0.3) is 0 Å². The average molecular weight is 358 g/mol. The van der Waals surface area contributed by atoms with Gasteiger partial charge in [0, 0.05) is 31.2 Å². The molecule has 0 aliphatic heterocycles. The van der Waals surface area contributed by atoms with Gasteiger partial charge in [-0.15, -0.1) is 0 Å². The van der Waals surface area contributed by atoms with Gasteiger partial charge in [-0.05, 0) is 48.4 Å². The zero-order valence-corrected chi connectivity index (χ0v) is 16.0. The molecule has 0 spiro atoms. The molecule has 2 aromatic rings. The van der Waals surface area contributed by atoms with E-state index in [0.29, 0.717) is 6.42 Å². The van der Waals surface area contributed by atoms with Crippen molar-refractivity contribution in [2.45, 2.75) is 44.1 Å². The van der Waals surface area contributed by atoms with Crippen LogP contribution < -0.4 is 4.90 Å². The van der Waals surface area contributed by atoms with Gasteiger partial charge in [-0.2, -0.15) is 0 Å². The third kappa shape index (κ3) is 4.19. The van der Waals surface area contributed by atoms with Crippen molar-refractivity contribution >= 4 is 17.3 Å². The lowest BCUT2D eigenvalue weighted by Gasteiger charge is -2.41. The molecule has 3 heteroatoms. The normalized spacial score (nSPS) is 23.4. The lowest BCUT2D eigenvalue weighted by atomic mass is 9.70. The smallest absolute Gasteiger partial charge is 0.0719 e. The van der Waals surface area contributed by atoms with Crippen LogP contribution in [0.5, 0.6) is 0 Å². The fourth-order valence-corrected chi connectivity index (χ4v) is 4.38. The summed E-state index contributed by atoms with van der Waals surface area (Å²) in [5, 5.41) is 12.3. The van der Waals surface area contributed by atoms with Gasteiger partial charge in [-0.1, -0.05) is 60.8 Å². The Morgan fingerprint density at radius 2 is 1.72 bits per heavy atom. The summed E-state index contributed by atoms with van der Waals surface area (Å²) in [6.07, 6.45) is 5.76. The number of para-hydroxylation sites is 1. The molecule has 2 aromatic carbocycles. The highest BCUT2D eigenvalue weighted by Gasteiger charge is 2.39. The van der Waals surface area contributed by atoms with Crippen LogP contribution in [0.15, 0.2) is 48.5 Å². The van der Waals surface area contributed by atoms with E-state index in [4.69, 9.17) is 11.6 Å². The molecule has 2 unspecified atom stereocenters. The zero-order valence-electron chi connectivity index (χ0n) is 15.2. The molecule has 0 saturated heterocycles. The van der Waals surface area contributed by atoms with Crippen molar-refractivity contribution in [3.05, 3.63) is 64.7 Å². The van der Waals surface area contributed by atoms with Gasteiger partial charge in [-0.3, -0.25) is 0 Å². The fourth-order valence-electron chi connectivity index (χ4n) is 4.18. The van der Waals surface area contributed by atoms with E-state index in [9.17, 15) is 5.11 Å². The summed E-state index contributed by atoms with van der Waals surface area (Å²) in [4.78, 5) is 2.16. The first-order valence-corrected chi connectivity index (χ1v) is 9.58. The minimum Gasteiger partial charge on any atom is -0.389 e. The van der Waals surface area contributed by atoms with Crippen molar-refractivity contribution in [3.63, 3.8) is 0 Å². The van der Waals surface area contributed by atoms with Crippen LogP contribution in [0.1, 0.15) is 36.8 Å². The van der Waals surface area contributed by atoms with E-state index >= 15 is 0 Å². The fraction of sp³-hybridized carbons (Fsp3) is 0.455. The minimum absolute atomic E-state index is 0.263. The van der Waals surface area contributed by atoms with Crippen LogP contribution in [-0.4, -0.2) is 24.8 Å². The Morgan fingerprint density at radius 3 is 2.44 bits per heavy atom. The molecule has 25 heavy (non-hydrogen) atoms. The Kier molecular flexibility index (Phi) is 5.71. The number of anilines is 1. The van der Waals surface area contributed by atoms with Crippen LogP contribution >= 0.6 is 11.6 Å². The van der Waals surface area contributed by atoms with Gasteiger partial charge in [-0.25, -0.2) is 0 Å². The SMILES string of the molecule is CN(C)c1ccccc1CC1CCCCC1(O)Cc1ccccc1Cl. The molecule has 134 valence electrons. The molecule has 2 nitrogen and oxygen atoms in total. The standard InChI is InChI=1S/C22H28ClNO/c1-24(2)21-13-6-4-9-17(21)15-19-11-7-8-14-22(19,25)16-18-10-3-5-12-20(18)23/h3-6,9-10,12-13,19,25H,7-8,11,14-16H2,1-2H3. The largest absolute Gasteiger partial charge is 0.389 e. The van der Waals surface area contributed by atoms with Gasteiger partial charge in [0.2, 0.25) is 0 Å². The van der Waals surface area contributed by atoms with Crippen molar-refractivity contribution in [1.29, 1.82) is 0 Å². The maximum atomic E-state index is 11.5. The lowest BCUT2D eigenvalue weighted by Crippen LogP contribution is -2.44. The second-order valence-corrected chi connectivity index (χ2v) is 7.95. The minimum atomic E-state index is -0.678. The van der Waals surface area contributed by atoms with Crippen molar-refractivity contribution in [2.75, 3.05) is 19.0 Å². The third-order valence-electron chi connectivity index (χ3n) is 5.57. The van der Waals surface area contributed by atoms with Crippen LogP contribution in [0.4, 0.5) is 5.69 Å². The van der Waals surface area contributed by atoms with E-state index < -0.39 is 5.60 Å². The highest BCUT2D eigenvalue weighted by molar-refractivity contribution is 6.31. The van der Waals surface area contributed by atoms with Crippen LogP contribution in [0.2, 0.25) is 5.02 Å². The molecule has 0 amide bonds. The molecule has 1 aliphatic rings. The molecule has 1 N–H and O–H groups in total. The van der Waals surface area contributed by atoms with E-state index in [0.717, 1.165) is 36.3 Å². The predicted molar refractivity (Wildman–Crippen MR) is 107 cm³/mol. The second-order valence-electron chi connectivity index (χ2n) is 7.54. The number of nitrogens with zero attached hydrogens (tertiary/aromatic N) is 1. The molecular weight excluding hydrogens is 330 g/mol. The second kappa shape index (κ2) is 7.80. The third-order valence-corrected chi connectivity index (χ3v) is 5.94. The number of rotatable bonds is 5. The molecule has 0 aromatic heterocycles. The van der Waals surface area contributed by atoms with Gasteiger partial charge in [0.15, 0.2) is 0 Å². The summed E-state index contributed by atoms with van der Waals surface area (Å²) in [6.45, 7) is 0. The Hall–Kier alpha value is -1.51. The quantitative estimate of drug-likeness (QED) is 0.803. The average Bonchev–Trinajstić information content (AvgIpc) is 2.59. The van der Waals surface area contributed by atoms with Gasteiger partial charge >= 0.3 is 0 Å². The number of hydrogen-bond donors (Lipinski definition) is 1. The van der Waals surface area contributed by atoms with Crippen LogP contribution in [0.25, 0.3) is 0 Å². The Morgan fingerprint density at radius 1 is 1.04 bits per heavy atom. The van der Waals surface area contributed by atoms with E-state index in [2.05, 4.69) is 43.3 Å². The molecule has 3 rings (SSSR count). The Bertz CT molecular complexity index is 715. The molecule has 0 heterocycles. The summed E-state index contributed by atoms with van der Waals surface area (Å²) in [6, 6.07) is 16.4. The highest BCUT2D eigenvalue weighted by Crippen LogP contribution is 2.40. The monoisotopic (exact) mass is 357 g/mol. The van der Waals surface area contributed by atoms with Crippen molar-refractivity contribution in [3.8, 4) is 0 Å². The van der Waals surface area contributed by atoms with E-state index in [1.807, 2.05) is 24.3 Å². The number of aliphatic hydroxyl groups is 1. The molecular formula is C22H28ClNO. The Labute approximate surface area is 156 Å². The van der Waals surface area contributed by atoms with Gasteiger partial charge < -0.3 is 10.0 Å².